The van der Waals surface area contributed by atoms with E-state index < -0.39 is 0 Å². The molecule has 2 aliphatic heterocycles. The number of hydrogen-bond donors (Lipinski definition) is 4. The van der Waals surface area contributed by atoms with E-state index in [1.54, 1.807) is 6.07 Å². The molecule has 7 aromatic rings. The normalized spacial score (nSPS) is 11.7. The van der Waals surface area contributed by atoms with Crippen molar-refractivity contribution in [3.05, 3.63) is 84.9 Å². The average molecular weight is 597 g/mol. The van der Waals surface area contributed by atoms with E-state index in [0.29, 0.717) is 56.7 Å². The number of hydrogen-bond acceptors (Lipinski definition) is 8. The van der Waals surface area contributed by atoms with Gasteiger partial charge in [0, 0.05) is 57.0 Å². The van der Waals surface area contributed by atoms with Gasteiger partial charge in [-0.05, 0) is 12.1 Å². The van der Waals surface area contributed by atoms with E-state index in [2.05, 4.69) is 9.97 Å². The summed E-state index contributed by atoms with van der Waals surface area (Å²) >= 11 is 0. The van der Waals surface area contributed by atoms with Gasteiger partial charge >= 0.3 is 0 Å². The molecule has 9 rings (SSSR count). The van der Waals surface area contributed by atoms with Gasteiger partial charge in [-0.3, -0.25) is 0 Å². The van der Waals surface area contributed by atoms with Crippen molar-refractivity contribution >= 4 is 44.1 Å². The predicted molar refractivity (Wildman–Crippen MR) is 159 cm³/mol. The summed E-state index contributed by atoms with van der Waals surface area (Å²) in [6, 6.07) is 26.5. The van der Waals surface area contributed by atoms with Crippen molar-refractivity contribution in [2.24, 2.45) is 0 Å². The molecule has 0 unspecified atom stereocenters. The number of phenols is 2. The summed E-state index contributed by atoms with van der Waals surface area (Å²) in [7, 11) is 0. The first-order valence-electron chi connectivity index (χ1n) is 13.3. The fourth-order valence-corrected chi connectivity index (χ4v) is 5.70. The fraction of sp³-hybridized carbons (Fsp3) is 0. The van der Waals surface area contributed by atoms with E-state index in [4.69, 9.17) is 29.9 Å². The van der Waals surface area contributed by atoms with Crippen LogP contribution in [0, 0.1) is 0 Å². The molecular weight excluding hydrogens is 579 g/mol. The van der Waals surface area contributed by atoms with Crippen molar-refractivity contribution in [1.82, 2.24) is 39.9 Å². The Morgan fingerprint density at radius 3 is 1.30 bits per heavy atom. The van der Waals surface area contributed by atoms with Gasteiger partial charge < -0.3 is 20.2 Å². The molecular formula is C32H18N8O2V. The molecule has 0 atom stereocenters. The third-order valence-corrected chi connectivity index (χ3v) is 7.67. The van der Waals surface area contributed by atoms with Crippen LogP contribution in [0.5, 0.6) is 11.5 Å². The molecule has 3 aromatic heterocycles. The van der Waals surface area contributed by atoms with Crippen LogP contribution in [0.2, 0.25) is 0 Å². The fourth-order valence-electron chi connectivity index (χ4n) is 5.70. The Morgan fingerprint density at radius 1 is 0.419 bits per heavy atom. The van der Waals surface area contributed by atoms with Gasteiger partial charge in [-0.2, -0.15) is 0 Å². The Balaban J connectivity index is 0.00000278. The Morgan fingerprint density at radius 2 is 0.814 bits per heavy atom. The maximum Gasteiger partial charge on any atom is 0.169 e. The van der Waals surface area contributed by atoms with Crippen LogP contribution in [0.25, 0.3) is 89.7 Å². The summed E-state index contributed by atoms with van der Waals surface area (Å²) in [6.07, 6.45) is 0. The minimum atomic E-state index is -0.302. The summed E-state index contributed by atoms with van der Waals surface area (Å²) < 4.78 is 0. The smallest absolute Gasteiger partial charge is 0.169 e. The van der Waals surface area contributed by atoms with E-state index in [0.717, 1.165) is 33.0 Å². The SMILES string of the molecule is Oc1ccc2c3nc4nc(nc5[nH]c(nc6nc(nc([nH]3)c2c1O)-c1ccccc1-6)c1ccccc51)-c1ccccc1-4.[V]. The van der Waals surface area contributed by atoms with Gasteiger partial charge in [0.25, 0.3) is 0 Å². The molecule has 0 aliphatic carbocycles. The first kappa shape index (κ1) is 25.2. The minimum absolute atomic E-state index is 0. The number of H-pyrrole nitrogens is 2. The number of fused-ring (bicyclic) bond motifs is 20. The number of aromatic nitrogens is 8. The molecule has 4 N–H and O–H groups in total. The second-order valence-electron chi connectivity index (χ2n) is 10.1. The van der Waals surface area contributed by atoms with Crippen molar-refractivity contribution in [3.8, 4) is 57.1 Å². The summed E-state index contributed by atoms with van der Waals surface area (Å²) in [6.45, 7) is 0. The second-order valence-corrected chi connectivity index (χ2v) is 10.1. The van der Waals surface area contributed by atoms with Crippen molar-refractivity contribution < 1.29 is 28.8 Å². The summed E-state index contributed by atoms with van der Waals surface area (Å²) in [5, 5.41) is 24.0. The molecule has 0 fully saturated rings. The largest absolute Gasteiger partial charge is 0.504 e. The van der Waals surface area contributed by atoms with Gasteiger partial charge in [0.05, 0.1) is 5.39 Å². The molecule has 0 saturated heterocycles. The van der Waals surface area contributed by atoms with Crippen LogP contribution in [0.4, 0.5) is 0 Å². The number of nitrogens with zero attached hydrogens (tertiary/aromatic N) is 6. The van der Waals surface area contributed by atoms with Crippen LogP contribution in [0.3, 0.4) is 0 Å². The zero-order chi connectivity index (χ0) is 27.9. The van der Waals surface area contributed by atoms with Crippen molar-refractivity contribution in [2.75, 3.05) is 0 Å². The number of phenolic OH excluding ortho intramolecular Hbond substituents is 2. The van der Waals surface area contributed by atoms with Gasteiger partial charge in [-0.1, -0.05) is 72.8 Å². The van der Waals surface area contributed by atoms with Gasteiger partial charge in [-0.15, -0.1) is 0 Å². The van der Waals surface area contributed by atoms with Crippen LogP contribution in [0.1, 0.15) is 0 Å². The molecule has 1 radical (unpaired) electrons. The van der Waals surface area contributed by atoms with Crippen LogP contribution in [-0.4, -0.2) is 50.1 Å². The van der Waals surface area contributed by atoms with Crippen LogP contribution >= 0.6 is 0 Å². The molecule has 43 heavy (non-hydrogen) atoms. The summed E-state index contributed by atoms with van der Waals surface area (Å²) in [5.41, 5.74) is 5.23. The monoisotopic (exact) mass is 597 g/mol. The molecule has 0 spiro atoms. The molecule has 11 heteroatoms. The van der Waals surface area contributed by atoms with E-state index in [-0.39, 0.29) is 30.1 Å². The molecule has 10 nitrogen and oxygen atoms in total. The molecule has 0 amide bonds. The van der Waals surface area contributed by atoms with E-state index in [1.165, 1.54) is 6.07 Å². The predicted octanol–water partition coefficient (Wildman–Crippen LogP) is 6.28. The van der Waals surface area contributed by atoms with Gasteiger partial charge in [-0.25, -0.2) is 29.9 Å². The van der Waals surface area contributed by atoms with Crippen LogP contribution in [-0.2, 0) is 18.6 Å². The van der Waals surface area contributed by atoms with Crippen LogP contribution < -0.4 is 0 Å². The second kappa shape index (κ2) is 9.22. The summed E-state index contributed by atoms with van der Waals surface area (Å²) in [5.74, 6) is 1.30. The third-order valence-electron chi connectivity index (χ3n) is 7.67. The molecule has 203 valence electrons. The first-order chi connectivity index (χ1) is 20.6. The van der Waals surface area contributed by atoms with Crippen molar-refractivity contribution in [3.63, 3.8) is 0 Å². The summed E-state index contributed by atoms with van der Waals surface area (Å²) in [4.78, 5) is 36.0. The van der Waals surface area contributed by atoms with E-state index in [9.17, 15) is 10.2 Å². The van der Waals surface area contributed by atoms with E-state index in [1.807, 2.05) is 72.8 Å². The minimum Gasteiger partial charge on any atom is -0.504 e. The Bertz CT molecular complexity index is 2460. The van der Waals surface area contributed by atoms with Crippen LogP contribution in [0.15, 0.2) is 84.9 Å². The molecule has 8 bridgehead atoms. The van der Waals surface area contributed by atoms with Crippen molar-refractivity contribution in [2.45, 2.75) is 0 Å². The van der Waals surface area contributed by atoms with Gasteiger partial charge in [0.1, 0.15) is 22.6 Å². The maximum atomic E-state index is 10.9. The quantitative estimate of drug-likeness (QED) is 0.149. The Labute approximate surface area is 254 Å². The zero-order valence-corrected chi connectivity index (χ0v) is 23.5. The molecule has 4 aromatic carbocycles. The Kier molecular flexibility index (Phi) is 5.39. The molecule has 5 heterocycles. The van der Waals surface area contributed by atoms with E-state index >= 15 is 0 Å². The van der Waals surface area contributed by atoms with Gasteiger partial charge in [0.15, 0.2) is 34.8 Å². The number of nitrogens with one attached hydrogen (secondary N) is 2. The number of benzene rings is 4. The molecule has 2 aliphatic rings. The van der Waals surface area contributed by atoms with Gasteiger partial charge in [0.2, 0.25) is 0 Å². The third kappa shape index (κ3) is 3.67. The molecule has 0 saturated carbocycles. The first-order valence-corrected chi connectivity index (χ1v) is 13.3. The number of aromatic hydroxyl groups is 2. The number of rotatable bonds is 0. The standard InChI is InChI=1S/C32H18N8O2.V/c41-22-14-13-21-23(24(22)42)32-39-30-20-12-6-5-11-19(20)28(37-30)35-26-16-8-2-1-7-15(16)25(33-26)34-27-17-9-3-4-10-18(17)29(36-27)38-31(21)40-32;/h1-14,41-42H,(H2,33,34,35,36,37,38,39,40);. The van der Waals surface area contributed by atoms with Crippen molar-refractivity contribution in [1.29, 1.82) is 0 Å². The Hall–Kier alpha value is -5.58. The topological polar surface area (TPSA) is 149 Å². The average Bonchev–Trinajstić information content (AvgIpc) is 3.74. The maximum absolute atomic E-state index is 10.9. The number of aromatic amines is 2. The zero-order valence-electron chi connectivity index (χ0n) is 22.1.